The second kappa shape index (κ2) is 9.67. The van der Waals surface area contributed by atoms with Gasteiger partial charge in [-0.15, -0.1) is 0 Å². The molecule has 0 aliphatic carbocycles. The van der Waals surface area contributed by atoms with Crippen LogP contribution in [0.5, 0.6) is 11.5 Å². The van der Waals surface area contributed by atoms with Gasteiger partial charge in [0.1, 0.15) is 17.5 Å². The molecule has 0 saturated carbocycles. The van der Waals surface area contributed by atoms with Crippen molar-refractivity contribution in [3.05, 3.63) is 107 Å². The molecule has 0 amide bonds. The Bertz CT molecular complexity index is 1420. The number of hydrogen-bond donors (Lipinski definition) is 1. The van der Waals surface area contributed by atoms with Gasteiger partial charge in [0.25, 0.3) is 5.69 Å². The Hall–Kier alpha value is -4.44. The summed E-state index contributed by atoms with van der Waals surface area (Å²) < 4.78 is 13.1. The lowest BCUT2D eigenvalue weighted by atomic mass is 10.0. The molecule has 182 valence electrons. The maximum absolute atomic E-state index is 11.4. The summed E-state index contributed by atoms with van der Waals surface area (Å²) in [5.74, 6) is 1.28. The summed E-state index contributed by atoms with van der Waals surface area (Å²) in [7, 11) is 3.21. The highest BCUT2D eigenvalue weighted by Gasteiger charge is 2.43. The van der Waals surface area contributed by atoms with Crippen molar-refractivity contribution in [2.45, 2.75) is 12.1 Å². The van der Waals surface area contributed by atoms with Gasteiger partial charge in [0, 0.05) is 36.3 Å². The first kappa shape index (κ1) is 23.3. The van der Waals surface area contributed by atoms with Crippen LogP contribution in [0.3, 0.4) is 0 Å². The summed E-state index contributed by atoms with van der Waals surface area (Å²) in [5.41, 5.74) is 3.08. The summed E-state index contributed by atoms with van der Waals surface area (Å²) in [4.78, 5) is 17.6. The van der Waals surface area contributed by atoms with E-state index in [1.54, 1.807) is 32.5 Å². The monoisotopic (exact) mass is 501 g/mol. The Kier molecular flexibility index (Phi) is 6.26. The number of ether oxygens (including phenoxy) is 2. The fraction of sp³-hybridized carbons (Fsp3) is 0.154. The Morgan fingerprint density at radius 1 is 1.03 bits per heavy atom. The molecule has 2 aromatic carbocycles. The molecule has 2 aromatic heterocycles. The van der Waals surface area contributed by atoms with Gasteiger partial charge in [-0.05, 0) is 54.7 Å². The van der Waals surface area contributed by atoms with Crippen LogP contribution < -0.4 is 19.7 Å². The molecule has 4 aromatic rings. The van der Waals surface area contributed by atoms with E-state index in [4.69, 9.17) is 21.7 Å². The van der Waals surface area contributed by atoms with Crippen molar-refractivity contribution in [1.29, 1.82) is 0 Å². The summed E-state index contributed by atoms with van der Waals surface area (Å²) in [5, 5.41) is 15.4. The highest BCUT2D eigenvalue weighted by molar-refractivity contribution is 7.80. The van der Waals surface area contributed by atoms with Gasteiger partial charge in [-0.3, -0.25) is 15.1 Å². The molecule has 5 rings (SSSR count). The van der Waals surface area contributed by atoms with E-state index >= 15 is 0 Å². The normalized spacial score (nSPS) is 17.1. The molecule has 1 aliphatic rings. The molecule has 36 heavy (non-hydrogen) atoms. The third-order valence-corrected chi connectivity index (χ3v) is 6.46. The average Bonchev–Trinajstić information content (AvgIpc) is 3.53. The molecule has 9 nitrogen and oxygen atoms in total. The molecule has 1 N–H and O–H groups in total. The van der Waals surface area contributed by atoms with Gasteiger partial charge >= 0.3 is 0 Å². The predicted octanol–water partition coefficient (Wildman–Crippen LogP) is 4.97. The number of thiocarbonyl (C=S) groups is 1. The number of rotatable bonds is 7. The van der Waals surface area contributed by atoms with E-state index in [1.807, 2.05) is 70.3 Å². The number of hydrogen-bond acceptors (Lipinski definition) is 6. The van der Waals surface area contributed by atoms with Gasteiger partial charge < -0.3 is 24.3 Å². The van der Waals surface area contributed by atoms with E-state index in [9.17, 15) is 10.1 Å². The van der Waals surface area contributed by atoms with Gasteiger partial charge in [0.2, 0.25) is 0 Å². The number of nitrogens with one attached hydrogen (secondary N) is 1. The van der Waals surface area contributed by atoms with Crippen LogP contribution in [0, 0.1) is 10.1 Å². The summed E-state index contributed by atoms with van der Waals surface area (Å²) >= 11 is 5.84. The lowest BCUT2D eigenvalue weighted by molar-refractivity contribution is -0.384. The number of anilines is 1. The van der Waals surface area contributed by atoms with Crippen molar-refractivity contribution >= 4 is 28.7 Å². The molecule has 10 heteroatoms. The molecule has 1 saturated heterocycles. The summed E-state index contributed by atoms with van der Waals surface area (Å²) in [6, 6.07) is 21.0. The van der Waals surface area contributed by atoms with Gasteiger partial charge in [0.15, 0.2) is 5.11 Å². The Labute approximate surface area is 213 Å². The number of nitro groups is 1. The zero-order valence-electron chi connectivity index (χ0n) is 19.6. The number of non-ortho nitro benzene ring substituents is 1. The number of aromatic nitrogens is 2. The predicted molar refractivity (Wildman–Crippen MR) is 140 cm³/mol. The second-order valence-corrected chi connectivity index (χ2v) is 8.50. The number of methoxy groups -OCH3 is 2. The number of benzene rings is 2. The quantitative estimate of drug-likeness (QED) is 0.215. The molecule has 0 spiro atoms. The van der Waals surface area contributed by atoms with Gasteiger partial charge in [-0.2, -0.15) is 0 Å². The third kappa shape index (κ3) is 4.11. The molecule has 0 bridgehead atoms. The highest BCUT2D eigenvalue weighted by Crippen LogP contribution is 2.46. The standard InChI is InChI=1S/C26H23N5O4S/c1-34-19-11-12-23(35-2)22(16-19)30-25(24(28-26(30)36)20-9-3-4-13-27-20)21-10-6-14-29(21)17-7-5-8-18(15-17)31(32)33/h3-16,24-25H,1-2H3,(H,28,36). The first-order valence-corrected chi connectivity index (χ1v) is 11.6. The maximum atomic E-state index is 11.4. The van der Waals surface area contributed by atoms with E-state index in [1.165, 1.54) is 6.07 Å². The van der Waals surface area contributed by atoms with E-state index in [0.29, 0.717) is 22.3 Å². The smallest absolute Gasteiger partial charge is 0.271 e. The average molecular weight is 502 g/mol. The minimum atomic E-state index is -0.400. The minimum Gasteiger partial charge on any atom is -0.497 e. The minimum absolute atomic E-state index is 0.0137. The number of pyridine rings is 1. The Balaban J connectivity index is 1.70. The van der Waals surface area contributed by atoms with Crippen molar-refractivity contribution in [1.82, 2.24) is 14.9 Å². The molecule has 2 atom stereocenters. The first-order chi connectivity index (χ1) is 17.5. The van der Waals surface area contributed by atoms with E-state index in [0.717, 1.165) is 17.1 Å². The largest absolute Gasteiger partial charge is 0.497 e. The van der Waals surface area contributed by atoms with Crippen LogP contribution in [0.1, 0.15) is 23.5 Å². The van der Waals surface area contributed by atoms with Crippen molar-refractivity contribution in [3.63, 3.8) is 0 Å². The van der Waals surface area contributed by atoms with Crippen molar-refractivity contribution in [2.24, 2.45) is 0 Å². The number of nitro benzene ring substituents is 1. The van der Waals surface area contributed by atoms with E-state index < -0.39 is 4.92 Å². The summed E-state index contributed by atoms with van der Waals surface area (Å²) in [6.45, 7) is 0. The molecule has 1 fully saturated rings. The van der Waals surface area contributed by atoms with Crippen LogP contribution in [0.4, 0.5) is 11.4 Å². The van der Waals surface area contributed by atoms with Crippen molar-refractivity contribution in [3.8, 4) is 17.2 Å². The molecule has 1 aliphatic heterocycles. The van der Waals surface area contributed by atoms with Crippen LogP contribution >= 0.6 is 12.2 Å². The van der Waals surface area contributed by atoms with Crippen LogP contribution in [0.15, 0.2) is 85.2 Å². The maximum Gasteiger partial charge on any atom is 0.271 e. The zero-order valence-corrected chi connectivity index (χ0v) is 20.4. The SMILES string of the molecule is COc1ccc(OC)c(N2C(=S)NC(c3ccccn3)C2c2cccn2-c2cccc([N+](=O)[O-])c2)c1. The van der Waals surface area contributed by atoms with Gasteiger partial charge in [-0.1, -0.05) is 12.1 Å². The van der Waals surface area contributed by atoms with Crippen LogP contribution in [-0.2, 0) is 0 Å². The lowest BCUT2D eigenvalue weighted by Gasteiger charge is -2.30. The molecule has 3 heterocycles. The second-order valence-electron chi connectivity index (χ2n) is 8.11. The summed E-state index contributed by atoms with van der Waals surface area (Å²) in [6.07, 6.45) is 3.62. The van der Waals surface area contributed by atoms with Crippen LogP contribution in [0.2, 0.25) is 0 Å². The van der Waals surface area contributed by atoms with Crippen LogP contribution in [-0.4, -0.2) is 33.8 Å². The Morgan fingerprint density at radius 2 is 1.89 bits per heavy atom. The van der Waals surface area contributed by atoms with Gasteiger partial charge in [-0.25, -0.2) is 0 Å². The van der Waals surface area contributed by atoms with Crippen LogP contribution in [0.25, 0.3) is 5.69 Å². The van der Waals surface area contributed by atoms with E-state index in [2.05, 4.69) is 10.3 Å². The lowest BCUT2D eigenvalue weighted by Crippen LogP contribution is -2.30. The Morgan fingerprint density at radius 3 is 2.61 bits per heavy atom. The molecular weight excluding hydrogens is 478 g/mol. The van der Waals surface area contributed by atoms with Crippen molar-refractivity contribution in [2.75, 3.05) is 19.1 Å². The zero-order chi connectivity index (χ0) is 25.2. The van der Waals surface area contributed by atoms with Crippen molar-refractivity contribution < 1.29 is 14.4 Å². The molecule has 2 unspecified atom stereocenters. The topological polar surface area (TPSA) is 94.7 Å². The third-order valence-electron chi connectivity index (χ3n) is 6.15. The van der Waals surface area contributed by atoms with Gasteiger partial charge in [0.05, 0.1) is 42.3 Å². The highest BCUT2D eigenvalue weighted by atomic mass is 32.1. The molecular formula is C26H23N5O4S. The first-order valence-electron chi connectivity index (χ1n) is 11.2. The fourth-order valence-corrected chi connectivity index (χ4v) is 4.87. The van der Waals surface area contributed by atoms with E-state index in [-0.39, 0.29) is 17.8 Å². The number of nitrogens with zero attached hydrogens (tertiary/aromatic N) is 4. The fourth-order valence-electron chi connectivity index (χ4n) is 4.53. The molecule has 0 radical (unpaired) electrons.